The second-order valence-corrected chi connectivity index (χ2v) is 5.32. The smallest absolute Gasteiger partial charge is 0.222 e. The van der Waals surface area contributed by atoms with Gasteiger partial charge in [-0.2, -0.15) is 5.10 Å². The summed E-state index contributed by atoms with van der Waals surface area (Å²) in [5, 5.41) is 7.34. The van der Waals surface area contributed by atoms with Gasteiger partial charge in [-0.05, 0) is 18.6 Å². The Morgan fingerprint density at radius 3 is 2.86 bits per heavy atom. The van der Waals surface area contributed by atoms with Crippen molar-refractivity contribution in [1.29, 1.82) is 0 Å². The van der Waals surface area contributed by atoms with Crippen LogP contribution in [-0.4, -0.2) is 50.0 Å². The number of nitrogens with zero attached hydrogens (tertiary/aromatic N) is 5. The van der Waals surface area contributed by atoms with Crippen LogP contribution in [0.15, 0.2) is 30.7 Å². The Morgan fingerprint density at radius 2 is 2.14 bits per heavy atom. The van der Waals surface area contributed by atoms with Crippen molar-refractivity contribution in [3.05, 3.63) is 36.4 Å². The quantitative estimate of drug-likeness (QED) is 0.897. The molecule has 0 amide bonds. The van der Waals surface area contributed by atoms with Gasteiger partial charge in [0.2, 0.25) is 5.95 Å². The highest BCUT2D eigenvalue weighted by Crippen LogP contribution is 2.22. The van der Waals surface area contributed by atoms with Crippen LogP contribution in [0.3, 0.4) is 0 Å². The fraction of sp³-hybridized carbons (Fsp3) is 0.500. The molecule has 0 saturated carbocycles. The highest BCUT2D eigenvalue weighted by molar-refractivity contribution is 5.22. The van der Waals surface area contributed by atoms with E-state index < -0.39 is 6.17 Å². The van der Waals surface area contributed by atoms with Crippen LogP contribution in [0, 0.1) is 0 Å². The van der Waals surface area contributed by atoms with Crippen LogP contribution in [0.4, 0.5) is 10.3 Å². The third kappa shape index (κ3) is 3.36. The number of alkyl halides is 1. The highest BCUT2D eigenvalue weighted by Gasteiger charge is 2.32. The molecule has 2 aromatic heterocycles. The molecule has 2 aromatic rings. The molecule has 2 atom stereocenters. The lowest BCUT2D eigenvalue weighted by Crippen LogP contribution is -2.35. The molecule has 0 aromatic carbocycles. The largest absolute Gasteiger partial charge is 0.353 e. The van der Waals surface area contributed by atoms with Gasteiger partial charge in [-0.25, -0.2) is 14.4 Å². The van der Waals surface area contributed by atoms with Gasteiger partial charge in [0.15, 0.2) is 0 Å². The summed E-state index contributed by atoms with van der Waals surface area (Å²) in [5.74, 6) is 0.584. The molecule has 0 bridgehead atoms. The van der Waals surface area contributed by atoms with E-state index in [1.54, 1.807) is 24.7 Å². The molecule has 0 spiro atoms. The zero-order valence-electron chi connectivity index (χ0n) is 12.0. The molecule has 3 rings (SSSR count). The van der Waals surface area contributed by atoms with Gasteiger partial charge in [0.25, 0.3) is 0 Å². The SMILES string of the molecule is Cn1nccc1CN1C[C@@H](F)C[C@H]1CNc1ncccn1. The monoisotopic (exact) mass is 290 g/mol. The molecule has 0 radical (unpaired) electrons. The van der Waals surface area contributed by atoms with Gasteiger partial charge in [0.05, 0.1) is 5.69 Å². The second kappa shape index (κ2) is 6.17. The molecular weight excluding hydrogens is 271 g/mol. The standard InChI is InChI=1S/C14H19FN6/c1-20-12(3-6-19-20)10-21-9-11(15)7-13(21)8-18-14-16-4-2-5-17-14/h2-6,11,13H,7-10H2,1H3,(H,16,17,18)/t11-,13-/m0/s1. The van der Waals surface area contributed by atoms with Crippen LogP contribution in [0.2, 0.25) is 0 Å². The van der Waals surface area contributed by atoms with Crippen molar-refractivity contribution in [2.45, 2.75) is 25.2 Å². The number of hydrogen-bond donors (Lipinski definition) is 1. The predicted octanol–water partition coefficient (Wildman–Crippen LogP) is 1.23. The zero-order chi connectivity index (χ0) is 14.7. The Balaban J connectivity index is 1.61. The third-order valence-electron chi connectivity index (χ3n) is 3.83. The number of aryl methyl sites for hydroxylation is 1. The Hall–Kier alpha value is -2.02. The van der Waals surface area contributed by atoms with Gasteiger partial charge < -0.3 is 5.32 Å². The molecule has 1 aliphatic heterocycles. The van der Waals surface area contributed by atoms with Gasteiger partial charge in [-0.15, -0.1) is 0 Å². The summed E-state index contributed by atoms with van der Waals surface area (Å²) in [6.45, 7) is 1.81. The maximum absolute atomic E-state index is 13.8. The van der Waals surface area contributed by atoms with Gasteiger partial charge >= 0.3 is 0 Å². The molecule has 0 unspecified atom stereocenters. The maximum atomic E-state index is 13.8. The van der Waals surface area contributed by atoms with Crippen LogP contribution in [0.1, 0.15) is 12.1 Å². The molecule has 1 fully saturated rings. The topological polar surface area (TPSA) is 58.9 Å². The van der Waals surface area contributed by atoms with Gasteiger partial charge in [-0.1, -0.05) is 0 Å². The van der Waals surface area contributed by atoms with Crippen LogP contribution >= 0.6 is 0 Å². The lowest BCUT2D eigenvalue weighted by Gasteiger charge is -2.24. The van der Waals surface area contributed by atoms with E-state index in [2.05, 4.69) is 25.3 Å². The molecule has 112 valence electrons. The zero-order valence-corrected chi connectivity index (χ0v) is 12.0. The lowest BCUT2D eigenvalue weighted by atomic mass is 10.2. The van der Waals surface area contributed by atoms with E-state index in [4.69, 9.17) is 0 Å². The van der Waals surface area contributed by atoms with Crippen LogP contribution in [0.5, 0.6) is 0 Å². The maximum Gasteiger partial charge on any atom is 0.222 e. The summed E-state index contributed by atoms with van der Waals surface area (Å²) in [5.41, 5.74) is 1.09. The van der Waals surface area contributed by atoms with Crippen molar-refractivity contribution in [3.8, 4) is 0 Å². The molecule has 21 heavy (non-hydrogen) atoms. The molecule has 6 nitrogen and oxygen atoms in total. The minimum absolute atomic E-state index is 0.138. The third-order valence-corrected chi connectivity index (χ3v) is 3.83. The first kappa shape index (κ1) is 13.9. The second-order valence-electron chi connectivity index (χ2n) is 5.32. The first-order valence-corrected chi connectivity index (χ1v) is 7.08. The lowest BCUT2D eigenvalue weighted by molar-refractivity contribution is 0.235. The van der Waals surface area contributed by atoms with E-state index >= 15 is 0 Å². The molecule has 0 aliphatic carbocycles. The summed E-state index contributed by atoms with van der Waals surface area (Å²) >= 11 is 0. The molecular formula is C14H19FN6. The molecule has 1 saturated heterocycles. The Morgan fingerprint density at radius 1 is 1.33 bits per heavy atom. The van der Waals surface area contributed by atoms with E-state index in [9.17, 15) is 4.39 Å². The number of anilines is 1. The van der Waals surface area contributed by atoms with Crippen molar-refractivity contribution >= 4 is 5.95 Å². The van der Waals surface area contributed by atoms with Crippen molar-refractivity contribution in [3.63, 3.8) is 0 Å². The average molecular weight is 290 g/mol. The number of nitrogens with one attached hydrogen (secondary N) is 1. The van der Waals surface area contributed by atoms with E-state index in [-0.39, 0.29) is 6.04 Å². The van der Waals surface area contributed by atoms with E-state index in [0.717, 1.165) is 5.69 Å². The van der Waals surface area contributed by atoms with Crippen molar-refractivity contribution in [2.75, 3.05) is 18.4 Å². The number of hydrogen-bond acceptors (Lipinski definition) is 5. The summed E-state index contributed by atoms with van der Waals surface area (Å²) in [4.78, 5) is 10.4. The average Bonchev–Trinajstić information content (AvgIpc) is 3.05. The number of halogens is 1. The van der Waals surface area contributed by atoms with Crippen LogP contribution < -0.4 is 5.32 Å². The van der Waals surface area contributed by atoms with Gasteiger partial charge in [0.1, 0.15) is 6.17 Å². The summed E-state index contributed by atoms with van der Waals surface area (Å²) in [6, 6.07) is 3.88. The Kier molecular flexibility index (Phi) is 4.10. The Bertz CT molecular complexity index is 572. The fourth-order valence-corrected chi connectivity index (χ4v) is 2.69. The minimum atomic E-state index is -0.776. The van der Waals surface area contributed by atoms with E-state index in [1.165, 1.54) is 0 Å². The first-order valence-electron chi connectivity index (χ1n) is 7.08. The summed E-state index contributed by atoms with van der Waals surface area (Å²) in [6.07, 6.45) is 4.91. The summed E-state index contributed by atoms with van der Waals surface area (Å²) < 4.78 is 15.6. The Labute approximate surface area is 123 Å². The fourth-order valence-electron chi connectivity index (χ4n) is 2.69. The van der Waals surface area contributed by atoms with Crippen molar-refractivity contribution in [2.24, 2.45) is 7.05 Å². The predicted molar refractivity (Wildman–Crippen MR) is 77.4 cm³/mol. The van der Waals surface area contributed by atoms with Gasteiger partial charge in [-0.3, -0.25) is 9.58 Å². The molecule has 1 aliphatic rings. The van der Waals surface area contributed by atoms with E-state index in [1.807, 2.05) is 17.8 Å². The number of likely N-dealkylation sites (tertiary alicyclic amines) is 1. The van der Waals surface area contributed by atoms with Crippen LogP contribution in [-0.2, 0) is 13.6 Å². The van der Waals surface area contributed by atoms with E-state index in [0.29, 0.717) is 32.0 Å². The molecule has 7 heteroatoms. The normalized spacial score (nSPS) is 22.6. The highest BCUT2D eigenvalue weighted by atomic mass is 19.1. The number of rotatable bonds is 5. The van der Waals surface area contributed by atoms with Crippen molar-refractivity contribution in [1.82, 2.24) is 24.6 Å². The minimum Gasteiger partial charge on any atom is -0.353 e. The summed E-state index contributed by atoms with van der Waals surface area (Å²) in [7, 11) is 1.91. The van der Waals surface area contributed by atoms with Crippen LogP contribution in [0.25, 0.3) is 0 Å². The van der Waals surface area contributed by atoms with Gasteiger partial charge in [0, 0.05) is 51.3 Å². The number of aromatic nitrogens is 4. The molecule has 1 N–H and O–H groups in total. The first-order chi connectivity index (χ1) is 10.2. The molecule has 3 heterocycles. The van der Waals surface area contributed by atoms with Crippen molar-refractivity contribution < 1.29 is 4.39 Å².